The van der Waals surface area contributed by atoms with Gasteiger partial charge in [-0.1, -0.05) is 86.3 Å². The zero-order valence-electron chi connectivity index (χ0n) is 13.7. The monoisotopic (exact) mass is 293 g/mol. The molecule has 2 aromatic carbocycles. The molecule has 0 nitrogen and oxygen atoms in total. The van der Waals surface area contributed by atoms with Crippen LogP contribution in [0, 0.1) is 6.42 Å². The van der Waals surface area contributed by atoms with Gasteiger partial charge in [-0.3, -0.25) is 0 Å². The molecule has 0 amide bonds. The standard InChI is InChI=1S/C22H29/c1(3-5-9-15-21-17-11-7-12-18-21)2-4-6-10-16-22-19-13-8-14-20-22/h3,7-8,11-14,17-20H,1-2,4-6,9-10,15-16H2. The first-order valence-electron chi connectivity index (χ1n) is 8.84. The molecule has 0 unspecified atom stereocenters. The number of hydrogen-bond acceptors (Lipinski definition) is 0. The van der Waals surface area contributed by atoms with Crippen LogP contribution < -0.4 is 0 Å². The number of unbranched alkanes of at least 4 members (excludes halogenated alkanes) is 7. The molecule has 2 aromatic rings. The fourth-order valence-electron chi connectivity index (χ4n) is 2.86. The minimum atomic E-state index is 1.22. The summed E-state index contributed by atoms with van der Waals surface area (Å²) in [7, 11) is 0. The molecule has 2 rings (SSSR count). The van der Waals surface area contributed by atoms with Gasteiger partial charge in [-0.2, -0.15) is 0 Å². The summed E-state index contributed by atoms with van der Waals surface area (Å²) < 4.78 is 0. The van der Waals surface area contributed by atoms with E-state index in [2.05, 4.69) is 67.1 Å². The molecular formula is C22H29. The van der Waals surface area contributed by atoms with Crippen LogP contribution in [0.5, 0.6) is 0 Å². The molecule has 0 aliphatic rings. The van der Waals surface area contributed by atoms with Gasteiger partial charge in [0.2, 0.25) is 0 Å². The molecule has 0 atom stereocenters. The molecule has 0 heterocycles. The first-order chi connectivity index (χ1) is 10.9. The predicted molar refractivity (Wildman–Crippen MR) is 96.9 cm³/mol. The summed E-state index contributed by atoms with van der Waals surface area (Å²) in [5.41, 5.74) is 2.95. The largest absolute Gasteiger partial charge is 0.0622 e. The van der Waals surface area contributed by atoms with E-state index in [1.54, 1.807) is 0 Å². The van der Waals surface area contributed by atoms with Gasteiger partial charge in [0.1, 0.15) is 0 Å². The van der Waals surface area contributed by atoms with Gasteiger partial charge in [-0.25, -0.2) is 0 Å². The van der Waals surface area contributed by atoms with Crippen molar-refractivity contribution in [2.75, 3.05) is 0 Å². The second-order valence-electron chi connectivity index (χ2n) is 6.10. The first-order valence-corrected chi connectivity index (χ1v) is 8.84. The highest BCUT2D eigenvalue weighted by atomic mass is 14.0. The van der Waals surface area contributed by atoms with Gasteiger partial charge in [-0.05, 0) is 49.7 Å². The molecule has 0 spiro atoms. The second kappa shape index (κ2) is 11.1. The molecule has 0 aliphatic carbocycles. The van der Waals surface area contributed by atoms with Crippen molar-refractivity contribution in [3.63, 3.8) is 0 Å². The quantitative estimate of drug-likeness (QED) is 0.420. The summed E-state index contributed by atoms with van der Waals surface area (Å²) in [5, 5.41) is 0. The van der Waals surface area contributed by atoms with Gasteiger partial charge in [0.05, 0.1) is 0 Å². The Kier molecular flexibility index (Phi) is 8.45. The fraction of sp³-hybridized carbons (Fsp3) is 0.409. The van der Waals surface area contributed by atoms with Crippen LogP contribution in [0.15, 0.2) is 60.7 Å². The molecule has 0 aliphatic heterocycles. The van der Waals surface area contributed by atoms with Crippen LogP contribution in [0.4, 0.5) is 0 Å². The minimum absolute atomic E-state index is 1.22. The third-order valence-electron chi connectivity index (χ3n) is 4.18. The van der Waals surface area contributed by atoms with Crippen LogP contribution in [0.3, 0.4) is 0 Å². The molecule has 0 saturated heterocycles. The van der Waals surface area contributed by atoms with E-state index in [1.807, 2.05) is 0 Å². The smallest absolute Gasteiger partial charge is 0.0279 e. The van der Waals surface area contributed by atoms with Crippen LogP contribution in [-0.2, 0) is 12.8 Å². The fourth-order valence-corrected chi connectivity index (χ4v) is 2.86. The van der Waals surface area contributed by atoms with Crippen molar-refractivity contribution in [2.24, 2.45) is 0 Å². The van der Waals surface area contributed by atoms with Crippen LogP contribution in [0.25, 0.3) is 0 Å². The molecular weight excluding hydrogens is 264 g/mol. The lowest BCUT2D eigenvalue weighted by Crippen LogP contribution is -1.87. The molecule has 22 heavy (non-hydrogen) atoms. The summed E-state index contributed by atoms with van der Waals surface area (Å²) in [6.07, 6.45) is 14.2. The summed E-state index contributed by atoms with van der Waals surface area (Å²) >= 11 is 0. The van der Waals surface area contributed by atoms with Crippen molar-refractivity contribution in [2.45, 2.75) is 57.8 Å². The Hall–Kier alpha value is -1.56. The van der Waals surface area contributed by atoms with E-state index in [9.17, 15) is 0 Å². The third kappa shape index (κ3) is 7.45. The molecule has 117 valence electrons. The first kappa shape index (κ1) is 16.8. The van der Waals surface area contributed by atoms with Crippen molar-refractivity contribution in [3.05, 3.63) is 78.2 Å². The van der Waals surface area contributed by atoms with E-state index in [4.69, 9.17) is 0 Å². The number of aryl methyl sites for hydroxylation is 2. The molecule has 0 N–H and O–H groups in total. The van der Waals surface area contributed by atoms with E-state index in [1.165, 1.54) is 68.9 Å². The predicted octanol–water partition coefficient (Wildman–Crippen LogP) is 6.41. The molecule has 1 radical (unpaired) electrons. The van der Waals surface area contributed by atoms with Crippen molar-refractivity contribution in [1.29, 1.82) is 0 Å². The van der Waals surface area contributed by atoms with Crippen LogP contribution >= 0.6 is 0 Å². The summed E-state index contributed by atoms with van der Waals surface area (Å²) in [4.78, 5) is 0. The van der Waals surface area contributed by atoms with Crippen LogP contribution in [0.2, 0.25) is 0 Å². The minimum Gasteiger partial charge on any atom is -0.0622 e. The summed E-state index contributed by atoms with van der Waals surface area (Å²) in [6.45, 7) is 0. The topological polar surface area (TPSA) is 0 Å². The maximum absolute atomic E-state index is 2.49. The maximum atomic E-state index is 2.49. The summed E-state index contributed by atoms with van der Waals surface area (Å²) in [5.74, 6) is 0. The normalized spacial score (nSPS) is 10.7. The highest BCUT2D eigenvalue weighted by Crippen LogP contribution is 2.12. The molecule has 0 saturated carbocycles. The van der Waals surface area contributed by atoms with Crippen LogP contribution in [-0.4, -0.2) is 0 Å². The van der Waals surface area contributed by atoms with Gasteiger partial charge < -0.3 is 0 Å². The number of benzene rings is 2. The lowest BCUT2D eigenvalue weighted by atomic mass is 10.0. The Morgan fingerprint density at radius 3 is 1.64 bits per heavy atom. The van der Waals surface area contributed by atoms with Crippen molar-refractivity contribution in [1.82, 2.24) is 0 Å². The van der Waals surface area contributed by atoms with Crippen molar-refractivity contribution >= 4 is 0 Å². The van der Waals surface area contributed by atoms with Gasteiger partial charge in [-0.15, -0.1) is 0 Å². The van der Waals surface area contributed by atoms with Gasteiger partial charge in [0, 0.05) is 0 Å². The lowest BCUT2D eigenvalue weighted by molar-refractivity contribution is 0.624. The zero-order chi connectivity index (χ0) is 15.3. The molecule has 0 fully saturated rings. The Morgan fingerprint density at radius 1 is 0.500 bits per heavy atom. The third-order valence-corrected chi connectivity index (χ3v) is 4.18. The van der Waals surface area contributed by atoms with Crippen molar-refractivity contribution < 1.29 is 0 Å². The van der Waals surface area contributed by atoms with E-state index in [0.29, 0.717) is 0 Å². The number of rotatable bonds is 11. The van der Waals surface area contributed by atoms with E-state index >= 15 is 0 Å². The van der Waals surface area contributed by atoms with E-state index in [0.717, 1.165) is 0 Å². The Labute approximate surface area is 136 Å². The SMILES string of the molecule is [CH](CCCCCCc1ccccc1)CCCc1ccccc1. The Morgan fingerprint density at radius 2 is 1.00 bits per heavy atom. The Balaban J connectivity index is 1.37. The average Bonchev–Trinajstić information content (AvgIpc) is 2.58. The Bertz CT molecular complexity index is 424. The highest BCUT2D eigenvalue weighted by Gasteiger charge is 1.95. The maximum Gasteiger partial charge on any atom is -0.0279 e. The molecule has 0 bridgehead atoms. The summed E-state index contributed by atoms with van der Waals surface area (Å²) in [6, 6.07) is 21.7. The average molecular weight is 293 g/mol. The lowest BCUT2D eigenvalue weighted by Gasteiger charge is -2.03. The molecule has 0 aromatic heterocycles. The number of hydrogen-bond donors (Lipinski definition) is 0. The molecule has 0 heteroatoms. The van der Waals surface area contributed by atoms with Crippen molar-refractivity contribution in [3.8, 4) is 0 Å². The van der Waals surface area contributed by atoms with Gasteiger partial charge >= 0.3 is 0 Å². The van der Waals surface area contributed by atoms with E-state index < -0.39 is 0 Å². The van der Waals surface area contributed by atoms with Gasteiger partial charge in [0.25, 0.3) is 0 Å². The second-order valence-corrected chi connectivity index (χ2v) is 6.10. The van der Waals surface area contributed by atoms with E-state index in [-0.39, 0.29) is 0 Å². The highest BCUT2D eigenvalue weighted by molar-refractivity contribution is 5.15. The van der Waals surface area contributed by atoms with Crippen LogP contribution in [0.1, 0.15) is 56.1 Å². The van der Waals surface area contributed by atoms with Gasteiger partial charge in [0.15, 0.2) is 0 Å². The zero-order valence-corrected chi connectivity index (χ0v) is 13.7.